The first-order valence-electron chi connectivity index (χ1n) is 6.60. The van der Waals surface area contributed by atoms with Crippen molar-refractivity contribution in [1.82, 2.24) is 0 Å². The van der Waals surface area contributed by atoms with Crippen LogP contribution in [0.5, 0.6) is 0 Å². The molecule has 0 saturated heterocycles. The van der Waals surface area contributed by atoms with Crippen molar-refractivity contribution in [2.75, 3.05) is 0 Å². The number of carbonyl (C=O) groups excluding carboxylic acids is 1. The van der Waals surface area contributed by atoms with Crippen LogP contribution < -0.4 is 0 Å². The van der Waals surface area contributed by atoms with Crippen molar-refractivity contribution >= 4 is 5.78 Å². The van der Waals surface area contributed by atoms with E-state index >= 15 is 0 Å². The van der Waals surface area contributed by atoms with Gasteiger partial charge in [0.15, 0.2) is 0 Å². The molecule has 0 aliphatic heterocycles. The van der Waals surface area contributed by atoms with Crippen LogP contribution in [0, 0.1) is 17.8 Å². The molecule has 2 aliphatic carbocycles. The van der Waals surface area contributed by atoms with E-state index in [0.717, 1.165) is 32.1 Å². The monoisotopic (exact) mass is 248 g/mol. The summed E-state index contributed by atoms with van der Waals surface area (Å²) in [6, 6.07) is 0. The van der Waals surface area contributed by atoms with E-state index in [4.69, 9.17) is 0 Å². The Balaban J connectivity index is 2.07. The van der Waals surface area contributed by atoms with Crippen molar-refractivity contribution in [2.24, 2.45) is 17.8 Å². The molecule has 0 heterocycles. The van der Waals surface area contributed by atoms with Crippen LogP contribution in [0.2, 0.25) is 0 Å². The SMILES string of the molecule is O=C(C1CCCC1)C1CCCCC1C(F)(F)F. The summed E-state index contributed by atoms with van der Waals surface area (Å²) in [5.74, 6) is -2.29. The second-order valence-electron chi connectivity index (χ2n) is 5.42. The van der Waals surface area contributed by atoms with Gasteiger partial charge in [0, 0.05) is 11.8 Å². The first-order valence-corrected chi connectivity index (χ1v) is 6.60. The van der Waals surface area contributed by atoms with E-state index in [1.54, 1.807) is 0 Å². The largest absolute Gasteiger partial charge is 0.392 e. The maximum atomic E-state index is 12.9. The van der Waals surface area contributed by atoms with Crippen LogP contribution in [0.1, 0.15) is 51.4 Å². The molecular weight excluding hydrogens is 229 g/mol. The van der Waals surface area contributed by atoms with Crippen LogP contribution in [0.3, 0.4) is 0 Å². The summed E-state index contributed by atoms with van der Waals surface area (Å²) in [5, 5.41) is 0. The van der Waals surface area contributed by atoms with Crippen molar-refractivity contribution in [3.05, 3.63) is 0 Å². The van der Waals surface area contributed by atoms with E-state index in [-0.39, 0.29) is 18.1 Å². The third-order valence-corrected chi connectivity index (χ3v) is 4.31. The molecule has 0 aromatic rings. The summed E-state index contributed by atoms with van der Waals surface area (Å²) in [6.45, 7) is 0. The van der Waals surface area contributed by atoms with Gasteiger partial charge in [-0.15, -0.1) is 0 Å². The minimum atomic E-state index is -4.20. The van der Waals surface area contributed by atoms with Crippen molar-refractivity contribution in [3.8, 4) is 0 Å². The van der Waals surface area contributed by atoms with Gasteiger partial charge in [0.05, 0.1) is 5.92 Å². The van der Waals surface area contributed by atoms with E-state index in [9.17, 15) is 18.0 Å². The lowest BCUT2D eigenvalue weighted by molar-refractivity contribution is -0.198. The Hall–Kier alpha value is -0.540. The number of carbonyl (C=O) groups is 1. The third kappa shape index (κ3) is 2.83. The minimum absolute atomic E-state index is 0.0806. The summed E-state index contributed by atoms with van der Waals surface area (Å²) in [7, 11) is 0. The second-order valence-corrected chi connectivity index (χ2v) is 5.42. The summed E-state index contributed by atoms with van der Waals surface area (Å²) < 4.78 is 38.7. The highest BCUT2D eigenvalue weighted by atomic mass is 19.4. The smallest absolute Gasteiger partial charge is 0.299 e. The number of halogens is 3. The Labute approximate surface area is 99.8 Å². The van der Waals surface area contributed by atoms with E-state index in [0.29, 0.717) is 12.8 Å². The zero-order valence-corrected chi connectivity index (χ0v) is 9.93. The van der Waals surface area contributed by atoms with Gasteiger partial charge in [-0.05, 0) is 25.7 Å². The van der Waals surface area contributed by atoms with Crippen LogP contribution in [0.25, 0.3) is 0 Å². The van der Waals surface area contributed by atoms with E-state index in [1.165, 1.54) is 0 Å². The number of alkyl halides is 3. The number of rotatable bonds is 2. The van der Waals surface area contributed by atoms with Gasteiger partial charge in [-0.3, -0.25) is 4.79 Å². The molecule has 98 valence electrons. The highest BCUT2D eigenvalue weighted by Gasteiger charge is 2.49. The fourth-order valence-corrected chi connectivity index (χ4v) is 3.38. The molecule has 2 atom stereocenters. The quantitative estimate of drug-likeness (QED) is 0.718. The molecule has 2 saturated carbocycles. The molecule has 0 aromatic carbocycles. The molecule has 1 nitrogen and oxygen atoms in total. The first kappa shape index (κ1) is 12.9. The summed E-state index contributed by atoms with van der Waals surface area (Å²) in [4.78, 5) is 12.2. The van der Waals surface area contributed by atoms with E-state index < -0.39 is 18.0 Å². The Morgan fingerprint density at radius 3 is 2.00 bits per heavy atom. The molecule has 0 radical (unpaired) electrons. The molecule has 4 heteroatoms. The van der Waals surface area contributed by atoms with Crippen molar-refractivity contribution < 1.29 is 18.0 Å². The Morgan fingerprint density at radius 1 is 0.882 bits per heavy atom. The lowest BCUT2D eigenvalue weighted by Gasteiger charge is -2.33. The molecule has 0 spiro atoms. The van der Waals surface area contributed by atoms with Crippen molar-refractivity contribution in [3.63, 3.8) is 0 Å². The molecule has 0 bridgehead atoms. The predicted octanol–water partition coefficient (Wildman–Crippen LogP) is 4.11. The zero-order valence-electron chi connectivity index (χ0n) is 9.93. The van der Waals surface area contributed by atoms with Crippen molar-refractivity contribution in [2.45, 2.75) is 57.5 Å². The Morgan fingerprint density at radius 2 is 1.41 bits per heavy atom. The Kier molecular flexibility index (Phi) is 3.79. The summed E-state index contributed by atoms with van der Waals surface area (Å²) in [5.41, 5.74) is 0. The zero-order chi connectivity index (χ0) is 12.5. The van der Waals surface area contributed by atoms with Gasteiger partial charge < -0.3 is 0 Å². The average molecular weight is 248 g/mol. The first-order chi connectivity index (χ1) is 8.00. The minimum Gasteiger partial charge on any atom is -0.299 e. The van der Waals surface area contributed by atoms with Crippen LogP contribution in [0.4, 0.5) is 13.2 Å². The Bertz CT molecular complexity index is 279. The number of hydrogen-bond acceptors (Lipinski definition) is 1. The molecule has 0 aromatic heterocycles. The standard InChI is InChI=1S/C13H19F3O/c14-13(15,16)11-8-4-3-7-10(11)12(17)9-5-1-2-6-9/h9-11H,1-8H2. The van der Waals surface area contributed by atoms with Crippen LogP contribution in [0.15, 0.2) is 0 Å². The maximum Gasteiger partial charge on any atom is 0.392 e. The summed E-state index contributed by atoms with van der Waals surface area (Å²) >= 11 is 0. The maximum absolute atomic E-state index is 12.9. The van der Waals surface area contributed by atoms with Crippen LogP contribution >= 0.6 is 0 Å². The number of ketones is 1. The van der Waals surface area contributed by atoms with Gasteiger partial charge in [0.2, 0.25) is 0 Å². The highest BCUT2D eigenvalue weighted by Crippen LogP contribution is 2.44. The molecule has 2 unspecified atom stereocenters. The fraction of sp³-hybridized carbons (Fsp3) is 0.923. The van der Waals surface area contributed by atoms with Gasteiger partial charge in [0.25, 0.3) is 0 Å². The lowest BCUT2D eigenvalue weighted by Crippen LogP contribution is -2.39. The van der Waals surface area contributed by atoms with Gasteiger partial charge in [0.1, 0.15) is 5.78 Å². The number of hydrogen-bond donors (Lipinski definition) is 0. The van der Waals surface area contributed by atoms with Crippen LogP contribution in [-0.4, -0.2) is 12.0 Å². The van der Waals surface area contributed by atoms with Gasteiger partial charge in [-0.25, -0.2) is 0 Å². The second kappa shape index (κ2) is 4.99. The molecule has 2 rings (SSSR count). The van der Waals surface area contributed by atoms with Gasteiger partial charge in [-0.1, -0.05) is 25.7 Å². The third-order valence-electron chi connectivity index (χ3n) is 4.31. The normalized spacial score (nSPS) is 31.7. The topological polar surface area (TPSA) is 17.1 Å². The fourth-order valence-electron chi connectivity index (χ4n) is 3.38. The van der Waals surface area contributed by atoms with Gasteiger partial charge >= 0.3 is 6.18 Å². The molecular formula is C13H19F3O. The average Bonchev–Trinajstić information content (AvgIpc) is 2.80. The molecule has 17 heavy (non-hydrogen) atoms. The van der Waals surface area contributed by atoms with Gasteiger partial charge in [-0.2, -0.15) is 13.2 Å². The highest BCUT2D eigenvalue weighted by molar-refractivity contribution is 5.84. The summed E-state index contributed by atoms with van der Waals surface area (Å²) in [6.07, 6.45) is 1.39. The lowest BCUT2D eigenvalue weighted by atomic mass is 9.73. The predicted molar refractivity (Wildman–Crippen MR) is 58.5 cm³/mol. The molecule has 2 fully saturated rings. The number of Topliss-reactive ketones (excluding diaryl/α,β-unsaturated/α-hetero) is 1. The molecule has 2 aliphatic rings. The van der Waals surface area contributed by atoms with E-state index in [1.807, 2.05) is 0 Å². The molecule has 0 N–H and O–H groups in total. The van der Waals surface area contributed by atoms with E-state index in [2.05, 4.69) is 0 Å². The molecule has 0 amide bonds. The van der Waals surface area contributed by atoms with Crippen molar-refractivity contribution in [1.29, 1.82) is 0 Å². The van der Waals surface area contributed by atoms with Crippen LogP contribution in [-0.2, 0) is 4.79 Å².